The maximum absolute atomic E-state index is 11.5. The largest absolute Gasteiger partial charge is 0.303 e. The molecule has 2 heteroatoms. The Morgan fingerprint density at radius 3 is 2.69 bits per heavy atom. The van der Waals surface area contributed by atoms with Crippen molar-refractivity contribution in [3.8, 4) is 0 Å². The zero-order chi connectivity index (χ0) is 9.84. The van der Waals surface area contributed by atoms with Crippen LogP contribution in [-0.2, 0) is 9.59 Å². The van der Waals surface area contributed by atoms with E-state index in [9.17, 15) is 9.59 Å². The molecule has 0 aromatic heterocycles. The Kier molecular flexibility index (Phi) is 3.64. The SMILES string of the molecule is CCC(=O)C1CC(C)CCC1C=O. The summed E-state index contributed by atoms with van der Waals surface area (Å²) in [5, 5.41) is 0. The van der Waals surface area contributed by atoms with Crippen molar-refractivity contribution in [2.24, 2.45) is 17.8 Å². The minimum Gasteiger partial charge on any atom is -0.303 e. The minimum absolute atomic E-state index is 0.00338. The van der Waals surface area contributed by atoms with Gasteiger partial charge in [0.05, 0.1) is 0 Å². The van der Waals surface area contributed by atoms with Crippen molar-refractivity contribution in [2.75, 3.05) is 0 Å². The molecule has 0 aliphatic heterocycles. The fourth-order valence-corrected chi connectivity index (χ4v) is 2.20. The third kappa shape index (κ3) is 2.39. The minimum atomic E-state index is 0.00338. The summed E-state index contributed by atoms with van der Waals surface area (Å²) in [6, 6.07) is 0. The van der Waals surface area contributed by atoms with E-state index in [1.807, 2.05) is 6.92 Å². The Labute approximate surface area is 79.7 Å². The molecule has 3 unspecified atom stereocenters. The lowest BCUT2D eigenvalue weighted by Gasteiger charge is -2.30. The van der Waals surface area contributed by atoms with Gasteiger partial charge in [-0.1, -0.05) is 13.8 Å². The third-order valence-electron chi connectivity index (χ3n) is 3.10. The molecule has 1 fully saturated rings. The van der Waals surface area contributed by atoms with Gasteiger partial charge < -0.3 is 4.79 Å². The van der Waals surface area contributed by atoms with Gasteiger partial charge in [-0.2, -0.15) is 0 Å². The first-order valence-electron chi connectivity index (χ1n) is 5.17. The van der Waals surface area contributed by atoms with E-state index in [2.05, 4.69) is 6.92 Å². The number of hydrogen-bond acceptors (Lipinski definition) is 2. The second-order valence-electron chi connectivity index (χ2n) is 4.14. The van der Waals surface area contributed by atoms with E-state index in [0.29, 0.717) is 12.3 Å². The third-order valence-corrected chi connectivity index (χ3v) is 3.10. The molecule has 0 bridgehead atoms. The number of hydrogen-bond donors (Lipinski definition) is 0. The van der Waals surface area contributed by atoms with E-state index in [0.717, 1.165) is 25.5 Å². The van der Waals surface area contributed by atoms with Crippen LogP contribution in [0.2, 0.25) is 0 Å². The molecule has 0 heterocycles. The standard InChI is InChI=1S/C11H18O2/c1-3-11(13)10-6-8(2)4-5-9(10)7-12/h7-10H,3-6H2,1-2H3. The molecule has 0 spiro atoms. The van der Waals surface area contributed by atoms with Gasteiger partial charge in [0.2, 0.25) is 0 Å². The van der Waals surface area contributed by atoms with Crippen molar-refractivity contribution < 1.29 is 9.59 Å². The highest BCUT2D eigenvalue weighted by molar-refractivity contribution is 5.83. The van der Waals surface area contributed by atoms with Gasteiger partial charge in [0, 0.05) is 18.3 Å². The smallest absolute Gasteiger partial charge is 0.136 e. The number of aldehydes is 1. The Balaban J connectivity index is 2.64. The van der Waals surface area contributed by atoms with Crippen LogP contribution < -0.4 is 0 Å². The molecule has 2 nitrogen and oxygen atoms in total. The van der Waals surface area contributed by atoms with Crippen LogP contribution in [0, 0.1) is 17.8 Å². The van der Waals surface area contributed by atoms with E-state index in [-0.39, 0.29) is 17.6 Å². The number of rotatable bonds is 3. The van der Waals surface area contributed by atoms with E-state index < -0.39 is 0 Å². The molecule has 0 aromatic carbocycles. The molecule has 0 amide bonds. The van der Waals surface area contributed by atoms with Crippen molar-refractivity contribution in [3.05, 3.63) is 0 Å². The summed E-state index contributed by atoms with van der Waals surface area (Å²) in [5.41, 5.74) is 0. The lowest BCUT2D eigenvalue weighted by molar-refractivity contribution is -0.129. The van der Waals surface area contributed by atoms with Crippen LogP contribution in [0.25, 0.3) is 0 Å². The average molecular weight is 182 g/mol. The summed E-state index contributed by atoms with van der Waals surface area (Å²) >= 11 is 0. The maximum atomic E-state index is 11.5. The van der Waals surface area contributed by atoms with E-state index in [1.165, 1.54) is 0 Å². The molecule has 0 saturated heterocycles. The Hall–Kier alpha value is -0.660. The van der Waals surface area contributed by atoms with Gasteiger partial charge in [0.15, 0.2) is 0 Å². The van der Waals surface area contributed by atoms with Crippen molar-refractivity contribution in [3.63, 3.8) is 0 Å². The van der Waals surface area contributed by atoms with Crippen LogP contribution in [0.4, 0.5) is 0 Å². The number of carbonyl (C=O) groups excluding carboxylic acids is 2. The molecule has 1 rings (SSSR count). The number of carbonyl (C=O) groups is 2. The molecule has 1 aliphatic rings. The van der Waals surface area contributed by atoms with Crippen LogP contribution in [-0.4, -0.2) is 12.1 Å². The first kappa shape index (κ1) is 10.4. The van der Waals surface area contributed by atoms with Crippen LogP contribution >= 0.6 is 0 Å². The average Bonchev–Trinajstić information content (AvgIpc) is 2.16. The first-order valence-corrected chi connectivity index (χ1v) is 5.17. The van der Waals surface area contributed by atoms with Crippen molar-refractivity contribution in [1.29, 1.82) is 0 Å². The van der Waals surface area contributed by atoms with Crippen molar-refractivity contribution in [2.45, 2.75) is 39.5 Å². The fraction of sp³-hybridized carbons (Fsp3) is 0.818. The molecule has 0 radical (unpaired) electrons. The van der Waals surface area contributed by atoms with Gasteiger partial charge in [-0.25, -0.2) is 0 Å². The van der Waals surface area contributed by atoms with Gasteiger partial charge in [0.25, 0.3) is 0 Å². The molecule has 13 heavy (non-hydrogen) atoms. The second-order valence-corrected chi connectivity index (χ2v) is 4.14. The van der Waals surface area contributed by atoms with E-state index >= 15 is 0 Å². The summed E-state index contributed by atoms with van der Waals surface area (Å²) in [4.78, 5) is 22.3. The monoisotopic (exact) mass is 182 g/mol. The molecule has 74 valence electrons. The van der Waals surface area contributed by atoms with Crippen LogP contribution in [0.5, 0.6) is 0 Å². The first-order chi connectivity index (χ1) is 6.19. The van der Waals surface area contributed by atoms with E-state index in [1.54, 1.807) is 0 Å². The van der Waals surface area contributed by atoms with Gasteiger partial charge in [-0.3, -0.25) is 4.79 Å². The second kappa shape index (κ2) is 4.54. The van der Waals surface area contributed by atoms with Crippen molar-refractivity contribution in [1.82, 2.24) is 0 Å². The predicted molar refractivity (Wildman–Crippen MR) is 51.4 cm³/mol. The van der Waals surface area contributed by atoms with E-state index in [4.69, 9.17) is 0 Å². The predicted octanol–water partition coefficient (Wildman–Crippen LogP) is 2.22. The lowest BCUT2D eigenvalue weighted by atomic mass is 9.73. The highest BCUT2D eigenvalue weighted by Gasteiger charge is 2.32. The summed E-state index contributed by atoms with van der Waals surface area (Å²) in [7, 11) is 0. The van der Waals surface area contributed by atoms with Crippen LogP contribution in [0.15, 0.2) is 0 Å². The molecule has 1 saturated carbocycles. The molecule has 0 aromatic rings. The molecular weight excluding hydrogens is 164 g/mol. The Morgan fingerprint density at radius 2 is 2.15 bits per heavy atom. The van der Waals surface area contributed by atoms with Gasteiger partial charge in [-0.15, -0.1) is 0 Å². The normalized spacial score (nSPS) is 34.2. The molecule has 3 atom stereocenters. The van der Waals surface area contributed by atoms with Gasteiger partial charge >= 0.3 is 0 Å². The van der Waals surface area contributed by atoms with Gasteiger partial charge in [-0.05, 0) is 25.2 Å². The number of Topliss-reactive ketones (excluding diaryl/α,β-unsaturated/α-hetero) is 1. The molecule has 0 N–H and O–H groups in total. The number of ketones is 1. The summed E-state index contributed by atoms with van der Waals surface area (Å²) in [6.45, 7) is 4.04. The summed E-state index contributed by atoms with van der Waals surface area (Å²) < 4.78 is 0. The maximum Gasteiger partial charge on any atom is 0.136 e. The van der Waals surface area contributed by atoms with Crippen LogP contribution in [0.1, 0.15) is 39.5 Å². The van der Waals surface area contributed by atoms with Crippen molar-refractivity contribution >= 4 is 12.1 Å². The molecule has 1 aliphatic carbocycles. The van der Waals surface area contributed by atoms with Crippen LogP contribution in [0.3, 0.4) is 0 Å². The lowest BCUT2D eigenvalue weighted by Crippen LogP contribution is -2.30. The Bertz CT molecular complexity index is 198. The summed E-state index contributed by atoms with van der Waals surface area (Å²) in [6.07, 6.45) is 4.46. The highest BCUT2D eigenvalue weighted by atomic mass is 16.1. The zero-order valence-corrected chi connectivity index (χ0v) is 8.45. The highest BCUT2D eigenvalue weighted by Crippen LogP contribution is 2.33. The topological polar surface area (TPSA) is 34.1 Å². The fourth-order valence-electron chi connectivity index (χ4n) is 2.20. The zero-order valence-electron chi connectivity index (χ0n) is 8.45. The Morgan fingerprint density at radius 1 is 1.46 bits per heavy atom. The summed E-state index contributed by atoms with van der Waals surface area (Å²) in [5.74, 6) is 0.898. The molecular formula is C11H18O2. The quantitative estimate of drug-likeness (QED) is 0.627. The van der Waals surface area contributed by atoms with Gasteiger partial charge in [0.1, 0.15) is 12.1 Å².